The van der Waals surface area contributed by atoms with Crippen molar-refractivity contribution in [1.82, 2.24) is 0 Å². The number of allylic oxidation sites excluding steroid dienone is 8. The second-order valence-corrected chi connectivity index (χ2v) is 14.1. The van der Waals surface area contributed by atoms with Gasteiger partial charge >= 0.3 is 0 Å². The van der Waals surface area contributed by atoms with Gasteiger partial charge in [-0.2, -0.15) is 4.58 Å². The molecule has 0 N–H and O–H groups in total. The Hall–Kier alpha value is -2.83. The molecule has 2 aliphatic heterocycles. The van der Waals surface area contributed by atoms with Crippen molar-refractivity contribution >= 4 is 38.7 Å². The highest BCUT2D eigenvalue weighted by Crippen LogP contribution is 2.41. The molecule has 0 radical (unpaired) electrons. The Bertz CT molecular complexity index is 1590. The van der Waals surface area contributed by atoms with Gasteiger partial charge in [-0.3, -0.25) is 8.42 Å². The van der Waals surface area contributed by atoms with Crippen molar-refractivity contribution < 1.29 is 13.0 Å². The lowest BCUT2D eigenvalue weighted by molar-refractivity contribution is -0.432. The lowest BCUT2D eigenvalue weighted by Crippen LogP contribution is -2.19. The van der Waals surface area contributed by atoms with E-state index in [1.54, 1.807) is 12.5 Å². The van der Waals surface area contributed by atoms with Crippen LogP contribution in [0.2, 0.25) is 0 Å². The number of nitrogens with zero attached hydrogens (tertiary/aromatic N) is 2. The zero-order chi connectivity index (χ0) is 28.0. The summed E-state index contributed by atoms with van der Waals surface area (Å²) in [7, 11) is -1.94. The van der Waals surface area contributed by atoms with E-state index in [1.165, 1.54) is 63.5 Å². The van der Waals surface area contributed by atoms with Gasteiger partial charge in [-0.15, -0.1) is 0 Å². The molecule has 0 amide bonds. The first-order valence-corrected chi connectivity index (χ1v) is 17.6. The van der Waals surface area contributed by atoms with E-state index in [2.05, 4.69) is 71.9 Å². The van der Waals surface area contributed by atoms with Crippen LogP contribution in [-0.2, 0) is 34.4 Å². The number of fused-ring (bicyclic) bond motifs is 3. The fourth-order valence-corrected chi connectivity index (χ4v) is 7.88. The SMILES string of the molecule is CCN1C(=CC2=CC3=CC(=CC4=[N+](CC)c5cc(S(C)=O)ccc5C4)CCC3CC2)Cc2ccc(S(C)=O)cc21. The van der Waals surface area contributed by atoms with Crippen molar-refractivity contribution in [3.05, 3.63) is 94.2 Å². The third kappa shape index (κ3) is 5.16. The molecule has 3 atom stereocenters. The maximum absolute atomic E-state index is 12.1. The van der Waals surface area contributed by atoms with Gasteiger partial charge in [0, 0.05) is 75.2 Å². The Morgan fingerprint density at radius 1 is 0.900 bits per heavy atom. The standard InChI is InChI=1S/C34H39N2O2S2/c1-5-35-29(19-26-11-13-31(39(3)37)21-33(26)35)17-23-7-9-25-10-8-24(16-28(25)15-23)18-30-20-27-12-14-32(40(4)38)22-34(27)36(30)6-2/h11-18,21-22,25H,5-10,19-20H2,1-4H3/q+1. The van der Waals surface area contributed by atoms with Crippen LogP contribution < -0.4 is 4.90 Å². The summed E-state index contributed by atoms with van der Waals surface area (Å²) >= 11 is 0. The van der Waals surface area contributed by atoms with Crippen LogP contribution in [0.5, 0.6) is 0 Å². The van der Waals surface area contributed by atoms with Crippen LogP contribution in [-0.4, -0.2) is 44.3 Å². The average Bonchev–Trinajstić information content (AvgIpc) is 3.47. The smallest absolute Gasteiger partial charge is 0.210 e. The number of anilines is 1. The molecule has 4 aliphatic rings. The molecule has 208 valence electrons. The maximum atomic E-state index is 12.1. The minimum Gasteiger partial charge on any atom is -0.345 e. The van der Waals surface area contributed by atoms with Gasteiger partial charge in [0.1, 0.15) is 6.54 Å². The Balaban J connectivity index is 1.28. The monoisotopic (exact) mass is 571 g/mol. The zero-order valence-electron chi connectivity index (χ0n) is 24.0. The minimum atomic E-state index is -0.971. The summed E-state index contributed by atoms with van der Waals surface area (Å²) in [5, 5.41) is 0. The summed E-state index contributed by atoms with van der Waals surface area (Å²) in [6.07, 6.45) is 19.8. The lowest BCUT2D eigenvalue weighted by Gasteiger charge is -2.29. The molecule has 2 aliphatic carbocycles. The fourth-order valence-electron chi connectivity index (χ4n) is 6.81. The van der Waals surface area contributed by atoms with E-state index < -0.39 is 21.6 Å². The lowest BCUT2D eigenvalue weighted by atomic mass is 9.77. The van der Waals surface area contributed by atoms with Crippen molar-refractivity contribution in [3.63, 3.8) is 0 Å². The molecule has 6 heteroatoms. The predicted octanol–water partition coefficient (Wildman–Crippen LogP) is 6.77. The van der Waals surface area contributed by atoms with Crippen molar-refractivity contribution in [2.24, 2.45) is 5.92 Å². The van der Waals surface area contributed by atoms with Crippen molar-refractivity contribution in [1.29, 1.82) is 0 Å². The summed E-state index contributed by atoms with van der Waals surface area (Å²) in [5.41, 5.74) is 12.1. The van der Waals surface area contributed by atoms with Crippen LogP contribution in [0.25, 0.3) is 0 Å². The summed E-state index contributed by atoms with van der Waals surface area (Å²) in [5.74, 6) is 0.652. The van der Waals surface area contributed by atoms with Gasteiger partial charge in [0.25, 0.3) is 0 Å². The van der Waals surface area contributed by atoms with Gasteiger partial charge in [0.2, 0.25) is 5.69 Å². The van der Waals surface area contributed by atoms with Gasteiger partial charge in [0.15, 0.2) is 5.71 Å². The molecule has 0 saturated heterocycles. The van der Waals surface area contributed by atoms with Crippen LogP contribution in [0, 0.1) is 5.92 Å². The molecular weight excluding hydrogens is 533 g/mol. The van der Waals surface area contributed by atoms with E-state index in [0.29, 0.717) is 5.92 Å². The number of rotatable bonds is 6. The predicted molar refractivity (Wildman–Crippen MR) is 168 cm³/mol. The second kappa shape index (κ2) is 11.2. The van der Waals surface area contributed by atoms with Crippen LogP contribution >= 0.6 is 0 Å². The van der Waals surface area contributed by atoms with Crippen molar-refractivity contribution in [2.45, 2.75) is 62.2 Å². The van der Waals surface area contributed by atoms with E-state index in [9.17, 15) is 8.42 Å². The minimum absolute atomic E-state index is 0.652. The Labute approximate surface area is 243 Å². The summed E-state index contributed by atoms with van der Waals surface area (Å²) in [6, 6.07) is 12.6. The van der Waals surface area contributed by atoms with Crippen LogP contribution in [0.15, 0.2) is 92.9 Å². The molecule has 2 aromatic rings. The molecule has 6 rings (SSSR count). The molecule has 0 spiro atoms. The molecule has 3 unspecified atom stereocenters. The van der Waals surface area contributed by atoms with Crippen molar-refractivity contribution in [3.8, 4) is 0 Å². The molecule has 4 nitrogen and oxygen atoms in total. The first kappa shape index (κ1) is 27.3. The molecule has 40 heavy (non-hydrogen) atoms. The first-order chi connectivity index (χ1) is 19.3. The van der Waals surface area contributed by atoms with E-state index in [0.717, 1.165) is 48.6 Å². The number of hydrogen-bond acceptors (Lipinski definition) is 3. The molecule has 2 heterocycles. The number of likely N-dealkylation sites (N-methyl/N-ethyl adjacent to an activating group) is 1. The van der Waals surface area contributed by atoms with E-state index in [4.69, 9.17) is 0 Å². The quantitative estimate of drug-likeness (QED) is 0.359. The molecule has 2 aromatic carbocycles. The third-order valence-electron chi connectivity index (χ3n) is 8.87. The van der Waals surface area contributed by atoms with E-state index in [-0.39, 0.29) is 0 Å². The summed E-state index contributed by atoms with van der Waals surface area (Å²) in [4.78, 5) is 4.19. The van der Waals surface area contributed by atoms with E-state index >= 15 is 0 Å². The molecule has 0 fully saturated rings. The van der Waals surface area contributed by atoms with Gasteiger partial charge < -0.3 is 4.90 Å². The van der Waals surface area contributed by atoms with Gasteiger partial charge in [-0.25, -0.2) is 0 Å². The van der Waals surface area contributed by atoms with Gasteiger partial charge in [0.05, 0.1) is 17.2 Å². The average molecular weight is 572 g/mol. The van der Waals surface area contributed by atoms with Crippen molar-refractivity contribution in [2.75, 3.05) is 30.5 Å². The Morgan fingerprint density at radius 3 is 2.35 bits per heavy atom. The largest absolute Gasteiger partial charge is 0.345 e. The van der Waals surface area contributed by atoms with Gasteiger partial charge in [-0.05, 0) is 92.0 Å². The topological polar surface area (TPSA) is 40.4 Å². The summed E-state index contributed by atoms with van der Waals surface area (Å²) < 4.78 is 26.6. The first-order valence-electron chi connectivity index (χ1n) is 14.5. The highest BCUT2D eigenvalue weighted by Gasteiger charge is 2.30. The highest BCUT2D eigenvalue weighted by atomic mass is 32.2. The fraction of sp³-hybridized carbons (Fsp3) is 0.382. The molecule has 0 aromatic heterocycles. The molecule has 0 saturated carbocycles. The Kier molecular flexibility index (Phi) is 7.66. The zero-order valence-corrected chi connectivity index (χ0v) is 25.7. The van der Waals surface area contributed by atoms with Gasteiger partial charge in [-0.1, -0.05) is 24.3 Å². The van der Waals surface area contributed by atoms with Crippen LogP contribution in [0.1, 0.15) is 50.7 Å². The summed E-state index contributed by atoms with van der Waals surface area (Å²) in [6.45, 7) is 6.22. The van der Waals surface area contributed by atoms with Crippen LogP contribution in [0.3, 0.4) is 0 Å². The maximum Gasteiger partial charge on any atom is 0.210 e. The number of benzene rings is 2. The Morgan fingerprint density at radius 2 is 1.62 bits per heavy atom. The normalized spacial score (nSPS) is 23.6. The highest BCUT2D eigenvalue weighted by molar-refractivity contribution is 7.84. The van der Waals surface area contributed by atoms with E-state index in [1.807, 2.05) is 12.1 Å². The molecular formula is C34H39N2O2S2+. The van der Waals surface area contributed by atoms with Crippen LogP contribution in [0.4, 0.5) is 11.4 Å². The molecule has 0 bridgehead atoms. The second-order valence-electron chi connectivity index (χ2n) is 11.3. The third-order valence-corrected chi connectivity index (χ3v) is 10.7. The number of hydrogen-bond donors (Lipinski definition) is 0.